The van der Waals surface area contributed by atoms with Crippen LogP contribution >= 0.6 is 0 Å². The molecule has 0 bridgehead atoms. The molecule has 0 aliphatic rings. The molecule has 0 amide bonds. The van der Waals surface area contributed by atoms with E-state index in [2.05, 4.69) is 9.82 Å². The summed E-state index contributed by atoms with van der Waals surface area (Å²) in [5, 5.41) is 4.29. The standard InChI is InChI=1S/C14H19N3O3S/c1-11-10-12(2)17(16-11)9-8-15-21(18,19)14-6-4-13(20-3)5-7-14/h4-7,10,15H,8-9H2,1-3H3. The summed E-state index contributed by atoms with van der Waals surface area (Å²) in [5.74, 6) is 0.622. The number of nitrogens with one attached hydrogen (secondary N) is 1. The van der Waals surface area contributed by atoms with Crippen LogP contribution in [-0.2, 0) is 16.6 Å². The minimum atomic E-state index is -3.51. The van der Waals surface area contributed by atoms with Crippen molar-refractivity contribution < 1.29 is 13.2 Å². The van der Waals surface area contributed by atoms with Crippen LogP contribution in [0.15, 0.2) is 35.2 Å². The van der Waals surface area contributed by atoms with Crippen molar-refractivity contribution in [2.75, 3.05) is 13.7 Å². The van der Waals surface area contributed by atoms with Crippen molar-refractivity contribution in [2.45, 2.75) is 25.3 Å². The van der Waals surface area contributed by atoms with Gasteiger partial charge in [-0.2, -0.15) is 5.10 Å². The highest BCUT2D eigenvalue weighted by atomic mass is 32.2. The molecule has 114 valence electrons. The third kappa shape index (κ3) is 3.83. The molecule has 21 heavy (non-hydrogen) atoms. The van der Waals surface area contributed by atoms with Crippen LogP contribution in [0, 0.1) is 13.8 Å². The van der Waals surface area contributed by atoms with Crippen LogP contribution in [0.2, 0.25) is 0 Å². The van der Waals surface area contributed by atoms with Crippen molar-refractivity contribution in [3.63, 3.8) is 0 Å². The normalized spacial score (nSPS) is 11.6. The lowest BCUT2D eigenvalue weighted by Gasteiger charge is -2.08. The second-order valence-electron chi connectivity index (χ2n) is 4.72. The molecule has 1 N–H and O–H groups in total. The van der Waals surface area contributed by atoms with Gasteiger partial charge in [0.1, 0.15) is 5.75 Å². The van der Waals surface area contributed by atoms with Crippen LogP contribution < -0.4 is 9.46 Å². The lowest BCUT2D eigenvalue weighted by atomic mass is 10.3. The Morgan fingerprint density at radius 3 is 2.43 bits per heavy atom. The summed E-state index contributed by atoms with van der Waals surface area (Å²) < 4.78 is 33.6. The van der Waals surface area contributed by atoms with Crippen molar-refractivity contribution in [1.29, 1.82) is 0 Å². The molecule has 6 nitrogen and oxygen atoms in total. The number of nitrogens with zero attached hydrogens (tertiary/aromatic N) is 2. The van der Waals surface area contributed by atoms with Crippen molar-refractivity contribution in [3.8, 4) is 5.75 Å². The highest BCUT2D eigenvalue weighted by Crippen LogP contribution is 2.15. The molecular weight excluding hydrogens is 290 g/mol. The quantitative estimate of drug-likeness (QED) is 0.877. The van der Waals surface area contributed by atoms with E-state index in [1.165, 1.54) is 19.2 Å². The molecule has 1 aromatic heterocycles. The average Bonchev–Trinajstić information content (AvgIpc) is 2.77. The zero-order valence-electron chi connectivity index (χ0n) is 12.3. The molecule has 0 radical (unpaired) electrons. The summed E-state index contributed by atoms with van der Waals surface area (Å²) in [5.41, 5.74) is 1.93. The van der Waals surface area contributed by atoms with E-state index in [1.807, 2.05) is 19.9 Å². The molecule has 2 aromatic rings. The number of methoxy groups -OCH3 is 1. The third-order valence-corrected chi connectivity index (χ3v) is 4.57. The summed E-state index contributed by atoms with van der Waals surface area (Å²) >= 11 is 0. The number of sulfonamides is 1. The summed E-state index contributed by atoms with van der Waals surface area (Å²) in [6.07, 6.45) is 0. The molecule has 0 fully saturated rings. The largest absolute Gasteiger partial charge is 0.497 e. The highest BCUT2D eigenvalue weighted by molar-refractivity contribution is 7.89. The topological polar surface area (TPSA) is 73.2 Å². The zero-order valence-corrected chi connectivity index (χ0v) is 13.1. The number of hydrogen-bond acceptors (Lipinski definition) is 4. The first-order chi connectivity index (χ1) is 9.92. The van der Waals surface area contributed by atoms with Crippen molar-refractivity contribution in [3.05, 3.63) is 41.7 Å². The first kappa shape index (κ1) is 15.5. The molecule has 0 saturated heterocycles. The van der Waals surface area contributed by atoms with E-state index >= 15 is 0 Å². The second-order valence-corrected chi connectivity index (χ2v) is 6.49. The molecule has 1 aromatic carbocycles. The van der Waals surface area contributed by atoms with Crippen molar-refractivity contribution in [2.24, 2.45) is 0 Å². The Balaban J connectivity index is 1.99. The summed E-state index contributed by atoms with van der Waals surface area (Å²) in [4.78, 5) is 0.219. The van der Waals surface area contributed by atoms with Gasteiger partial charge in [0.05, 0.1) is 24.2 Å². The van der Waals surface area contributed by atoms with E-state index < -0.39 is 10.0 Å². The van der Waals surface area contributed by atoms with Gasteiger partial charge in [0.2, 0.25) is 10.0 Å². The predicted molar refractivity (Wildman–Crippen MR) is 79.9 cm³/mol. The highest BCUT2D eigenvalue weighted by Gasteiger charge is 2.13. The van der Waals surface area contributed by atoms with E-state index in [0.29, 0.717) is 12.3 Å². The molecular formula is C14H19N3O3S. The first-order valence-corrected chi connectivity index (χ1v) is 8.05. The summed E-state index contributed by atoms with van der Waals surface area (Å²) in [6.45, 7) is 4.63. The van der Waals surface area contributed by atoms with Gasteiger partial charge in [0.25, 0.3) is 0 Å². The molecule has 0 unspecified atom stereocenters. The van der Waals surface area contributed by atoms with E-state index in [-0.39, 0.29) is 11.4 Å². The van der Waals surface area contributed by atoms with Crippen molar-refractivity contribution >= 4 is 10.0 Å². The fourth-order valence-electron chi connectivity index (χ4n) is 2.03. The molecule has 7 heteroatoms. The van der Waals surface area contributed by atoms with Gasteiger partial charge in [0.15, 0.2) is 0 Å². The molecule has 0 atom stereocenters. The van der Waals surface area contributed by atoms with Gasteiger partial charge in [-0.05, 0) is 44.2 Å². The van der Waals surface area contributed by atoms with Gasteiger partial charge >= 0.3 is 0 Å². The van der Waals surface area contributed by atoms with Crippen LogP contribution in [0.3, 0.4) is 0 Å². The zero-order chi connectivity index (χ0) is 15.5. The molecule has 0 aliphatic heterocycles. The van der Waals surface area contributed by atoms with Gasteiger partial charge in [-0.3, -0.25) is 4.68 Å². The van der Waals surface area contributed by atoms with Crippen molar-refractivity contribution in [1.82, 2.24) is 14.5 Å². The van der Waals surface area contributed by atoms with E-state index in [1.54, 1.807) is 16.8 Å². The maximum absolute atomic E-state index is 12.1. The third-order valence-electron chi connectivity index (χ3n) is 3.09. The number of hydrogen-bond donors (Lipinski definition) is 1. The number of benzene rings is 1. The van der Waals surface area contributed by atoms with Crippen LogP contribution in [-0.4, -0.2) is 31.9 Å². The number of ether oxygens (including phenoxy) is 1. The Kier molecular flexibility index (Phi) is 4.64. The summed E-state index contributed by atoms with van der Waals surface area (Å²) in [6, 6.07) is 8.23. The van der Waals surface area contributed by atoms with E-state index in [0.717, 1.165) is 11.4 Å². The van der Waals surface area contributed by atoms with Crippen LogP contribution in [0.5, 0.6) is 5.75 Å². The molecule has 0 spiro atoms. The summed E-state index contributed by atoms with van der Waals surface area (Å²) in [7, 11) is -1.97. The Morgan fingerprint density at radius 2 is 1.90 bits per heavy atom. The fourth-order valence-corrected chi connectivity index (χ4v) is 3.05. The Morgan fingerprint density at radius 1 is 1.24 bits per heavy atom. The minimum Gasteiger partial charge on any atom is -0.497 e. The van der Waals surface area contributed by atoms with Gasteiger partial charge in [-0.15, -0.1) is 0 Å². The number of aromatic nitrogens is 2. The fraction of sp³-hybridized carbons (Fsp3) is 0.357. The predicted octanol–water partition coefficient (Wildman–Crippen LogP) is 1.49. The first-order valence-electron chi connectivity index (χ1n) is 6.57. The minimum absolute atomic E-state index is 0.219. The monoisotopic (exact) mass is 309 g/mol. The second kappa shape index (κ2) is 6.28. The molecule has 0 aliphatic carbocycles. The van der Waals surface area contributed by atoms with Gasteiger partial charge < -0.3 is 4.74 Å². The lowest BCUT2D eigenvalue weighted by Crippen LogP contribution is -2.28. The van der Waals surface area contributed by atoms with Crippen LogP contribution in [0.25, 0.3) is 0 Å². The smallest absolute Gasteiger partial charge is 0.240 e. The lowest BCUT2D eigenvalue weighted by molar-refractivity contribution is 0.414. The van der Waals surface area contributed by atoms with Gasteiger partial charge in [0, 0.05) is 12.2 Å². The Bertz CT molecular complexity index is 706. The van der Waals surface area contributed by atoms with E-state index in [4.69, 9.17) is 4.74 Å². The molecule has 1 heterocycles. The maximum Gasteiger partial charge on any atom is 0.240 e. The Labute approximate surface area is 124 Å². The average molecular weight is 309 g/mol. The SMILES string of the molecule is COc1ccc(S(=O)(=O)NCCn2nc(C)cc2C)cc1. The van der Waals surface area contributed by atoms with E-state index in [9.17, 15) is 8.42 Å². The maximum atomic E-state index is 12.1. The van der Waals surface area contributed by atoms with Crippen LogP contribution in [0.1, 0.15) is 11.4 Å². The number of rotatable bonds is 6. The molecule has 2 rings (SSSR count). The Hall–Kier alpha value is -1.86. The molecule has 0 saturated carbocycles. The van der Waals surface area contributed by atoms with Gasteiger partial charge in [-0.1, -0.05) is 0 Å². The van der Waals surface area contributed by atoms with Gasteiger partial charge in [-0.25, -0.2) is 13.1 Å². The van der Waals surface area contributed by atoms with Crippen LogP contribution in [0.4, 0.5) is 0 Å². The number of aryl methyl sites for hydroxylation is 2.